The van der Waals surface area contributed by atoms with Gasteiger partial charge in [-0.05, 0) is 12.1 Å². The van der Waals surface area contributed by atoms with Gasteiger partial charge in [0.25, 0.3) is 0 Å². The predicted molar refractivity (Wildman–Crippen MR) is 83.2 cm³/mol. The lowest BCUT2D eigenvalue weighted by Gasteiger charge is -2.06. The van der Waals surface area contributed by atoms with Gasteiger partial charge in [-0.1, -0.05) is 58.0 Å². The molecule has 0 saturated heterocycles. The van der Waals surface area contributed by atoms with Crippen LogP contribution >= 0.6 is 0 Å². The lowest BCUT2D eigenvalue weighted by molar-refractivity contribution is 0.733. The highest BCUT2D eigenvalue weighted by atomic mass is 15.0. The van der Waals surface area contributed by atoms with Crippen LogP contribution in [0.15, 0.2) is 42.9 Å². The minimum absolute atomic E-state index is 0.667. The van der Waals surface area contributed by atoms with Crippen molar-refractivity contribution in [3.63, 3.8) is 0 Å². The van der Waals surface area contributed by atoms with Crippen LogP contribution in [0.25, 0.3) is 0 Å². The van der Waals surface area contributed by atoms with E-state index >= 15 is 0 Å². The van der Waals surface area contributed by atoms with E-state index in [0.717, 1.165) is 13.0 Å². The van der Waals surface area contributed by atoms with Crippen LogP contribution in [0.5, 0.6) is 0 Å². The summed E-state index contributed by atoms with van der Waals surface area (Å²) < 4.78 is 2.14. The molecule has 0 amide bonds. The Balaban J connectivity index is 0.000000741. The van der Waals surface area contributed by atoms with Gasteiger partial charge >= 0.3 is 0 Å². The molecule has 2 rings (SSSR count). The number of hydrogen-bond acceptors (Lipinski definition) is 2. The Morgan fingerprint density at radius 2 is 1.68 bits per heavy atom. The predicted octanol–water partition coefficient (Wildman–Crippen LogP) is 3.49. The Hall–Kier alpha value is -1.61. The summed E-state index contributed by atoms with van der Waals surface area (Å²) in [6.45, 7) is 9.54. The molecule has 0 aliphatic rings. The molecule has 0 aliphatic carbocycles. The maximum atomic E-state index is 5.54. The van der Waals surface area contributed by atoms with E-state index in [0.29, 0.717) is 6.54 Å². The SMILES string of the molecule is CC.CC.NCCc1cncn1Cc1ccccc1. The Morgan fingerprint density at radius 3 is 2.26 bits per heavy atom. The van der Waals surface area contributed by atoms with Crippen LogP contribution in [0.2, 0.25) is 0 Å². The summed E-state index contributed by atoms with van der Waals surface area (Å²) in [6.07, 6.45) is 4.63. The molecule has 2 N–H and O–H groups in total. The summed E-state index contributed by atoms with van der Waals surface area (Å²) in [5.41, 5.74) is 8.02. The van der Waals surface area contributed by atoms with Crippen molar-refractivity contribution < 1.29 is 0 Å². The molecule has 1 aromatic heterocycles. The van der Waals surface area contributed by atoms with Crippen LogP contribution in [0.3, 0.4) is 0 Å². The molecular weight excluding hydrogens is 234 g/mol. The van der Waals surface area contributed by atoms with Gasteiger partial charge in [0, 0.05) is 24.9 Å². The molecule has 0 saturated carbocycles. The molecule has 19 heavy (non-hydrogen) atoms. The highest BCUT2D eigenvalue weighted by Crippen LogP contribution is 2.06. The quantitative estimate of drug-likeness (QED) is 0.915. The Labute approximate surface area is 117 Å². The normalized spacial score (nSPS) is 8.89. The van der Waals surface area contributed by atoms with Gasteiger partial charge in [0.2, 0.25) is 0 Å². The molecule has 0 atom stereocenters. The summed E-state index contributed by atoms with van der Waals surface area (Å²) >= 11 is 0. The largest absolute Gasteiger partial charge is 0.330 e. The van der Waals surface area contributed by atoms with Crippen molar-refractivity contribution in [2.24, 2.45) is 5.73 Å². The molecule has 0 aliphatic heterocycles. The van der Waals surface area contributed by atoms with E-state index in [1.165, 1.54) is 11.3 Å². The van der Waals surface area contributed by atoms with Crippen molar-refractivity contribution in [3.05, 3.63) is 54.1 Å². The first-order valence-corrected chi connectivity index (χ1v) is 7.13. The molecule has 0 spiro atoms. The molecule has 1 aromatic carbocycles. The van der Waals surface area contributed by atoms with Crippen molar-refractivity contribution in [3.8, 4) is 0 Å². The molecule has 0 bridgehead atoms. The number of benzene rings is 1. The van der Waals surface area contributed by atoms with E-state index in [9.17, 15) is 0 Å². The summed E-state index contributed by atoms with van der Waals surface area (Å²) in [4.78, 5) is 4.14. The number of nitrogens with two attached hydrogens (primary N) is 1. The molecule has 0 fully saturated rings. The fourth-order valence-electron chi connectivity index (χ4n) is 1.63. The fraction of sp³-hybridized carbons (Fsp3) is 0.438. The first-order chi connectivity index (χ1) is 9.40. The maximum absolute atomic E-state index is 5.54. The summed E-state index contributed by atoms with van der Waals surface area (Å²) in [6, 6.07) is 10.4. The van der Waals surface area contributed by atoms with Crippen LogP contribution in [-0.2, 0) is 13.0 Å². The van der Waals surface area contributed by atoms with E-state index in [-0.39, 0.29) is 0 Å². The van der Waals surface area contributed by atoms with E-state index in [1.807, 2.05) is 46.3 Å². The van der Waals surface area contributed by atoms with Gasteiger partial charge in [-0.2, -0.15) is 0 Å². The van der Waals surface area contributed by atoms with Gasteiger partial charge in [0.1, 0.15) is 0 Å². The van der Waals surface area contributed by atoms with Gasteiger partial charge in [0.15, 0.2) is 0 Å². The minimum atomic E-state index is 0.667. The van der Waals surface area contributed by atoms with Crippen molar-refractivity contribution in [2.75, 3.05) is 6.54 Å². The second-order valence-corrected chi connectivity index (χ2v) is 3.54. The van der Waals surface area contributed by atoms with Crippen molar-refractivity contribution in [1.82, 2.24) is 9.55 Å². The van der Waals surface area contributed by atoms with Crippen LogP contribution < -0.4 is 5.73 Å². The van der Waals surface area contributed by atoms with Crippen LogP contribution in [0.4, 0.5) is 0 Å². The van der Waals surface area contributed by atoms with Crippen LogP contribution in [-0.4, -0.2) is 16.1 Å². The monoisotopic (exact) mass is 261 g/mol. The third-order valence-corrected chi connectivity index (χ3v) is 2.39. The number of nitrogens with zero attached hydrogens (tertiary/aromatic N) is 2. The van der Waals surface area contributed by atoms with Gasteiger partial charge in [-0.3, -0.25) is 0 Å². The Bertz CT molecular complexity index is 407. The molecule has 1 heterocycles. The molecule has 0 radical (unpaired) electrons. The van der Waals surface area contributed by atoms with E-state index < -0.39 is 0 Å². The van der Waals surface area contributed by atoms with Gasteiger partial charge < -0.3 is 10.3 Å². The van der Waals surface area contributed by atoms with Gasteiger partial charge in [-0.25, -0.2) is 4.98 Å². The van der Waals surface area contributed by atoms with Gasteiger partial charge in [-0.15, -0.1) is 0 Å². The van der Waals surface area contributed by atoms with E-state index in [4.69, 9.17) is 5.73 Å². The first kappa shape index (κ1) is 17.4. The number of hydrogen-bond donors (Lipinski definition) is 1. The lowest BCUT2D eigenvalue weighted by Crippen LogP contribution is -2.09. The minimum Gasteiger partial charge on any atom is -0.330 e. The maximum Gasteiger partial charge on any atom is 0.0951 e. The standard InChI is InChI=1S/C12H15N3.2C2H6/c13-7-6-12-8-14-10-15(12)9-11-4-2-1-3-5-11;2*1-2/h1-5,8,10H,6-7,9,13H2;2*1-2H3. The number of aromatic nitrogens is 2. The van der Waals surface area contributed by atoms with Crippen LogP contribution in [0.1, 0.15) is 39.0 Å². The molecule has 0 unspecified atom stereocenters. The van der Waals surface area contributed by atoms with E-state index in [2.05, 4.69) is 33.8 Å². The van der Waals surface area contributed by atoms with Crippen molar-refractivity contribution >= 4 is 0 Å². The first-order valence-electron chi connectivity index (χ1n) is 7.13. The molecule has 106 valence electrons. The second kappa shape index (κ2) is 11.5. The Morgan fingerprint density at radius 1 is 1.05 bits per heavy atom. The zero-order valence-corrected chi connectivity index (χ0v) is 12.6. The second-order valence-electron chi connectivity index (χ2n) is 3.54. The average molecular weight is 261 g/mol. The number of imidazole rings is 1. The zero-order chi connectivity index (χ0) is 14.5. The van der Waals surface area contributed by atoms with E-state index in [1.54, 1.807) is 0 Å². The summed E-state index contributed by atoms with van der Waals surface area (Å²) in [5, 5.41) is 0. The summed E-state index contributed by atoms with van der Waals surface area (Å²) in [5.74, 6) is 0. The topological polar surface area (TPSA) is 43.8 Å². The lowest BCUT2D eigenvalue weighted by atomic mass is 10.2. The van der Waals surface area contributed by atoms with Crippen molar-refractivity contribution in [1.29, 1.82) is 0 Å². The molecule has 3 heteroatoms. The smallest absolute Gasteiger partial charge is 0.0951 e. The summed E-state index contributed by atoms with van der Waals surface area (Å²) in [7, 11) is 0. The Kier molecular flexibility index (Phi) is 10.5. The third kappa shape index (κ3) is 6.20. The molecular formula is C16H27N3. The average Bonchev–Trinajstić information content (AvgIpc) is 2.92. The molecule has 3 nitrogen and oxygen atoms in total. The van der Waals surface area contributed by atoms with Gasteiger partial charge in [0.05, 0.1) is 6.33 Å². The third-order valence-electron chi connectivity index (χ3n) is 2.39. The highest BCUT2D eigenvalue weighted by molar-refractivity contribution is 5.16. The zero-order valence-electron chi connectivity index (χ0n) is 12.6. The van der Waals surface area contributed by atoms with Crippen molar-refractivity contribution in [2.45, 2.75) is 40.7 Å². The highest BCUT2D eigenvalue weighted by Gasteiger charge is 2.01. The number of rotatable bonds is 4. The molecule has 2 aromatic rings. The fourth-order valence-corrected chi connectivity index (χ4v) is 1.63. The van der Waals surface area contributed by atoms with Crippen LogP contribution in [0, 0.1) is 0 Å².